The van der Waals surface area contributed by atoms with Crippen LogP contribution in [0, 0.1) is 11.5 Å². The standard InChI is InChI=1S/C10H8ClN5S/c1-17-10(13-5-12)14-6-3-2-4-7-8(6)9(11)16-15-7/h2-4H,1H3,(H,13,14)(H,15,16). The molecule has 0 amide bonds. The lowest BCUT2D eigenvalue weighted by Gasteiger charge is -2.00. The molecule has 2 N–H and O–H groups in total. The first kappa shape index (κ1) is 11.8. The number of amidine groups is 1. The fraction of sp³-hybridized carbons (Fsp3) is 0.100. The van der Waals surface area contributed by atoms with E-state index < -0.39 is 0 Å². The average molecular weight is 266 g/mol. The number of aromatic nitrogens is 2. The third kappa shape index (κ3) is 2.35. The quantitative estimate of drug-likeness (QED) is 0.360. The van der Waals surface area contributed by atoms with Gasteiger partial charge in [0.2, 0.25) is 0 Å². The van der Waals surface area contributed by atoms with Gasteiger partial charge in [-0.1, -0.05) is 29.4 Å². The first-order valence-electron chi connectivity index (χ1n) is 4.66. The summed E-state index contributed by atoms with van der Waals surface area (Å²) in [6.07, 6.45) is 3.67. The van der Waals surface area contributed by atoms with Crippen LogP contribution in [-0.4, -0.2) is 21.6 Å². The molecule has 0 atom stereocenters. The van der Waals surface area contributed by atoms with E-state index in [1.165, 1.54) is 11.8 Å². The Kier molecular flexibility index (Phi) is 3.52. The Hall–Kier alpha value is -1.71. The van der Waals surface area contributed by atoms with Crippen molar-refractivity contribution in [2.45, 2.75) is 0 Å². The second kappa shape index (κ2) is 5.08. The van der Waals surface area contributed by atoms with Crippen LogP contribution in [0.3, 0.4) is 0 Å². The summed E-state index contributed by atoms with van der Waals surface area (Å²) in [5.41, 5.74) is 1.42. The van der Waals surface area contributed by atoms with E-state index in [2.05, 4.69) is 20.5 Å². The number of nitrogens with one attached hydrogen (secondary N) is 2. The molecule has 86 valence electrons. The predicted molar refractivity (Wildman–Crippen MR) is 70.5 cm³/mol. The molecule has 0 aliphatic heterocycles. The highest BCUT2D eigenvalue weighted by Crippen LogP contribution is 2.30. The molecule has 2 aromatic rings. The number of benzene rings is 1. The predicted octanol–water partition coefficient (Wildman–Crippen LogP) is 2.64. The van der Waals surface area contributed by atoms with Crippen LogP contribution >= 0.6 is 23.4 Å². The molecule has 0 spiro atoms. The molecule has 1 heterocycles. The van der Waals surface area contributed by atoms with Crippen molar-refractivity contribution in [1.82, 2.24) is 15.5 Å². The second-order valence-corrected chi connectivity index (χ2v) is 4.24. The number of rotatable bonds is 1. The Balaban J connectivity index is 2.55. The fourth-order valence-electron chi connectivity index (χ4n) is 1.39. The first-order chi connectivity index (χ1) is 8.26. The van der Waals surface area contributed by atoms with Crippen molar-refractivity contribution >= 4 is 45.1 Å². The first-order valence-corrected chi connectivity index (χ1v) is 6.27. The van der Waals surface area contributed by atoms with Crippen molar-refractivity contribution in [3.05, 3.63) is 23.4 Å². The summed E-state index contributed by atoms with van der Waals surface area (Å²) in [5, 5.41) is 19.5. The van der Waals surface area contributed by atoms with Crippen LogP contribution in [0.1, 0.15) is 0 Å². The molecule has 5 nitrogen and oxygen atoms in total. The highest BCUT2D eigenvalue weighted by molar-refractivity contribution is 8.13. The van der Waals surface area contributed by atoms with Gasteiger partial charge in [-0.25, -0.2) is 4.99 Å². The topological polar surface area (TPSA) is 76.9 Å². The number of nitriles is 1. The highest BCUT2D eigenvalue weighted by Gasteiger charge is 2.08. The Morgan fingerprint density at radius 2 is 2.47 bits per heavy atom. The van der Waals surface area contributed by atoms with Gasteiger partial charge >= 0.3 is 0 Å². The SMILES string of the molecule is CSC(=Nc1cccc2n[nH]c(Cl)c12)NC#N. The molecular formula is C10H8ClN5S. The summed E-state index contributed by atoms with van der Waals surface area (Å²) in [6, 6.07) is 5.49. The molecule has 1 aromatic carbocycles. The van der Waals surface area contributed by atoms with Crippen LogP contribution in [0.2, 0.25) is 5.15 Å². The molecule has 0 radical (unpaired) electrons. The minimum absolute atomic E-state index is 0.441. The maximum Gasteiger partial charge on any atom is 0.183 e. The summed E-state index contributed by atoms with van der Waals surface area (Å²) < 4.78 is 0. The minimum atomic E-state index is 0.441. The molecule has 0 aliphatic rings. The van der Waals surface area contributed by atoms with Gasteiger partial charge in [0, 0.05) is 0 Å². The van der Waals surface area contributed by atoms with Crippen LogP contribution < -0.4 is 5.32 Å². The Morgan fingerprint density at radius 1 is 1.65 bits per heavy atom. The van der Waals surface area contributed by atoms with Crippen LogP contribution in [0.4, 0.5) is 5.69 Å². The number of aromatic amines is 1. The minimum Gasteiger partial charge on any atom is -0.271 e. The lowest BCUT2D eigenvalue weighted by Crippen LogP contribution is -2.12. The monoisotopic (exact) mass is 265 g/mol. The van der Waals surface area contributed by atoms with Gasteiger partial charge in [-0.2, -0.15) is 10.4 Å². The number of thioether (sulfide) groups is 1. The largest absolute Gasteiger partial charge is 0.271 e. The van der Waals surface area contributed by atoms with Crippen molar-refractivity contribution in [3.8, 4) is 6.19 Å². The maximum absolute atomic E-state index is 8.57. The van der Waals surface area contributed by atoms with Crippen LogP contribution in [-0.2, 0) is 0 Å². The van der Waals surface area contributed by atoms with Crippen molar-refractivity contribution in [1.29, 1.82) is 5.26 Å². The molecule has 0 aliphatic carbocycles. The molecule has 0 fully saturated rings. The molecule has 17 heavy (non-hydrogen) atoms. The van der Waals surface area contributed by atoms with Crippen molar-refractivity contribution < 1.29 is 0 Å². The lowest BCUT2D eigenvalue weighted by atomic mass is 10.2. The average Bonchev–Trinajstić information content (AvgIpc) is 2.72. The second-order valence-electron chi connectivity index (χ2n) is 3.07. The van der Waals surface area contributed by atoms with Crippen LogP contribution in [0.5, 0.6) is 0 Å². The third-order valence-corrected chi connectivity index (χ3v) is 2.95. The lowest BCUT2D eigenvalue weighted by molar-refractivity contribution is 1.12. The summed E-state index contributed by atoms with van der Waals surface area (Å²) in [5.74, 6) is 0. The number of fused-ring (bicyclic) bond motifs is 1. The van der Waals surface area contributed by atoms with E-state index in [0.717, 1.165) is 10.9 Å². The van der Waals surface area contributed by atoms with E-state index in [1.807, 2.05) is 30.6 Å². The Labute approximate surface area is 107 Å². The van der Waals surface area contributed by atoms with Gasteiger partial charge in [-0.05, 0) is 18.4 Å². The molecule has 2 rings (SSSR count). The smallest absolute Gasteiger partial charge is 0.183 e. The van der Waals surface area contributed by atoms with Crippen LogP contribution in [0.15, 0.2) is 23.2 Å². The van der Waals surface area contributed by atoms with E-state index in [9.17, 15) is 0 Å². The van der Waals surface area contributed by atoms with Crippen LogP contribution in [0.25, 0.3) is 10.9 Å². The van der Waals surface area contributed by atoms with Crippen molar-refractivity contribution in [2.75, 3.05) is 6.26 Å². The molecule has 0 bridgehead atoms. The van der Waals surface area contributed by atoms with Gasteiger partial charge in [0.1, 0.15) is 5.15 Å². The molecule has 0 saturated heterocycles. The molecule has 0 saturated carbocycles. The number of H-pyrrole nitrogens is 1. The molecular weight excluding hydrogens is 258 g/mol. The number of hydrogen-bond donors (Lipinski definition) is 2. The Morgan fingerprint density at radius 3 is 3.18 bits per heavy atom. The zero-order chi connectivity index (χ0) is 12.3. The van der Waals surface area contributed by atoms with E-state index in [0.29, 0.717) is 16.0 Å². The van der Waals surface area contributed by atoms with Gasteiger partial charge in [0.25, 0.3) is 0 Å². The zero-order valence-corrected chi connectivity index (χ0v) is 10.4. The zero-order valence-electron chi connectivity index (χ0n) is 8.86. The normalized spacial score (nSPS) is 11.5. The van der Waals surface area contributed by atoms with Crippen molar-refractivity contribution in [3.63, 3.8) is 0 Å². The molecule has 0 unspecified atom stereocenters. The van der Waals surface area contributed by atoms with E-state index in [-0.39, 0.29) is 0 Å². The summed E-state index contributed by atoms with van der Waals surface area (Å²) >= 11 is 7.35. The summed E-state index contributed by atoms with van der Waals surface area (Å²) in [4.78, 5) is 4.33. The highest BCUT2D eigenvalue weighted by atomic mass is 35.5. The van der Waals surface area contributed by atoms with Gasteiger partial charge in [0.15, 0.2) is 11.4 Å². The maximum atomic E-state index is 8.57. The van der Waals surface area contributed by atoms with E-state index >= 15 is 0 Å². The van der Waals surface area contributed by atoms with Gasteiger partial charge < -0.3 is 0 Å². The molecule has 1 aromatic heterocycles. The Bertz CT molecular complexity index is 613. The fourth-order valence-corrected chi connectivity index (χ4v) is 1.96. The third-order valence-electron chi connectivity index (χ3n) is 2.09. The van der Waals surface area contributed by atoms with E-state index in [4.69, 9.17) is 16.9 Å². The number of halogens is 1. The molecule has 7 heteroatoms. The van der Waals surface area contributed by atoms with Gasteiger partial charge in [-0.15, -0.1) is 0 Å². The number of aliphatic imine (C=N–C) groups is 1. The van der Waals surface area contributed by atoms with Crippen molar-refractivity contribution in [2.24, 2.45) is 4.99 Å². The summed E-state index contributed by atoms with van der Waals surface area (Å²) in [7, 11) is 0. The van der Waals surface area contributed by atoms with E-state index in [1.54, 1.807) is 0 Å². The number of hydrogen-bond acceptors (Lipinski definition) is 4. The van der Waals surface area contributed by atoms with Gasteiger partial charge in [0.05, 0.1) is 16.6 Å². The number of nitrogens with zero attached hydrogens (tertiary/aromatic N) is 3. The summed E-state index contributed by atoms with van der Waals surface area (Å²) in [6.45, 7) is 0. The van der Waals surface area contributed by atoms with Gasteiger partial charge in [-0.3, -0.25) is 10.4 Å².